The molecule has 0 unspecified atom stereocenters. The zero-order chi connectivity index (χ0) is 32.8. The Labute approximate surface area is 268 Å². The van der Waals surface area contributed by atoms with Crippen molar-refractivity contribution in [2.45, 2.75) is 58.4 Å². The molecule has 4 heterocycles. The van der Waals surface area contributed by atoms with Crippen molar-refractivity contribution in [2.24, 2.45) is 0 Å². The van der Waals surface area contributed by atoms with Crippen LogP contribution in [0.1, 0.15) is 57.4 Å². The van der Waals surface area contributed by atoms with Gasteiger partial charge in [0.2, 0.25) is 5.91 Å². The molecule has 3 aromatic heterocycles. The maximum absolute atomic E-state index is 15.4. The van der Waals surface area contributed by atoms with Gasteiger partial charge in [0, 0.05) is 36.3 Å². The molecule has 0 bridgehead atoms. The fourth-order valence-electron chi connectivity index (χ4n) is 6.28. The van der Waals surface area contributed by atoms with Crippen LogP contribution in [0.25, 0.3) is 34.1 Å². The molecule has 45 heavy (non-hydrogen) atoms. The zero-order valence-electron chi connectivity index (χ0n) is 26.1. The summed E-state index contributed by atoms with van der Waals surface area (Å²) in [4.78, 5) is 44.5. The van der Waals surface area contributed by atoms with Gasteiger partial charge in [0.25, 0.3) is 0 Å². The van der Waals surface area contributed by atoms with Gasteiger partial charge >= 0.3 is 5.69 Å². The summed E-state index contributed by atoms with van der Waals surface area (Å²) in [5.41, 5.74) is 1.44. The predicted molar refractivity (Wildman–Crippen MR) is 180 cm³/mol. The molecule has 1 fully saturated rings. The van der Waals surface area contributed by atoms with Crippen molar-refractivity contribution in [1.29, 1.82) is 0 Å². The Morgan fingerprint density at radius 2 is 2.00 bits per heavy atom. The SMILES string of the molecule is [B][C@]1(C)CN(C(=O)C=C)C[C@H](C)N1c1nc(=O)n(-c2c(CC)ccnc2C(C)C)c2nc(-c3c(F)cccc3C=C)c(Cl)cc12. The predicted octanol–water partition coefficient (Wildman–Crippen LogP) is 6.07. The van der Waals surface area contributed by atoms with Crippen LogP contribution in [0.4, 0.5) is 10.2 Å². The Morgan fingerprint density at radius 3 is 2.62 bits per heavy atom. The molecule has 5 rings (SSSR count). The molecule has 8 nitrogen and oxygen atoms in total. The van der Waals surface area contributed by atoms with Crippen molar-refractivity contribution < 1.29 is 9.18 Å². The fourth-order valence-corrected chi connectivity index (χ4v) is 6.53. The number of pyridine rings is 2. The van der Waals surface area contributed by atoms with Gasteiger partial charge in [-0.1, -0.05) is 63.7 Å². The van der Waals surface area contributed by atoms with Crippen molar-refractivity contribution in [2.75, 3.05) is 18.0 Å². The molecular weight excluding hydrogens is 590 g/mol. The van der Waals surface area contributed by atoms with Crippen LogP contribution in [-0.2, 0) is 11.2 Å². The lowest BCUT2D eigenvalue weighted by Gasteiger charge is -2.52. The summed E-state index contributed by atoms with van der Waals surface area (Å²) in [7, 11) is 6.87. The molecule has 1 aliphatic rings. The van der Waals surface area contributed by atoms with Crippen LogP contribution < -0.4 is 10.6 Å². The Balaban J connectivity index is 1.91. The third-order valence-corrected chi connectivity index (χ3v) is 8.48. The molecule has 1 saturated heterocycles. The summed E-state index contributed by atoms with van der Waals surface area (Å²) in [6.07, 6.45) is 5.12. The lowest BCUT2D eigenvalue weighted by Crippen LogP contribution is -2.66. The summed E-state index contributed by atoms with van der Waals surface area (Å²) in [5.74, 6) is -0.551. The molecule has 2 radical (unpaired) electrons. The van der Waals surface area contributed by atoms with Gasteiger partial charge in [0.1, 0.15) is 19.5 Å². The minimum absolute atomic E-state index is 0.0401. The quantitative estimate of drug-likeness (QED) is 0.183. The Bertz CT molecular complexity index is 1910. The molecule has 1 amide bonds. The van der Waals surface area contributed by atoms with Gasteiger partial charge in [-0.25, -0.2) is 18.7 Å². The van der Waals surface area contributed by atoms with E-state index in [-0.39, 0.29) is 52.2 Å². The fraction of sp³-hybridized carbons (Fsp3) is 0.324. The molecular formula is C34H35BClFN6O2. The van der Waals surface area contributed by atoms with E-state index in [0.29, 0.717) is 35.3 Å². The number of nitrogens with zero attached hydrogens (tertiary/aromatic N) is 6. The van der Waals surface area contributed by atoms with Crippen molar-refractivity contribution in [3.05, 3.63) is 93.9 Å². The lowest BCUT2D eigenvalue weighted by molar-refractivity contribution is -0.127. The second-order valence-electron chi connectivity index (χ2n) is 11.9. The van der Waals surface area contributed by atoms with Gasteiger partial charge in [-0.2, -0.15) is 4.98 Å². The standard InChI is InChI=1S/C34H35BClFN6O2/c1-8-21-12-11-13-25(37)27(21)29-24(36)16-23-31(39-29)42(30-22(9-2)14-15-38-28(30)19(4)5)33(45)40-32(23)43-20(6)17-41(26(44)10-3)18-34(43,7)35/h8,10-16,19-20H,1,3,9,17-18H2,2,4-7H3/t20-,34-/m0/s1. The first kappa shape index (κ1) is 32.1. The number of hydrogen-bond acceptors (Lipinski definition) is 6. The Morgan fingerprint density at radius 1 is 1.27 bits per heavy atom. The second kappa shape index (κ2) is 12.2. The Hall–Kier alpha value is -4.31. The van der Waals surface area contributed by atoms with Crippen LogP contribution in [0.2, 0.25) is 5.02 Å². The van der Waals surface area contributed by atoms with E-state index in [0.717, 1.165) is 5.56 Å². The molecule has 0 saturated carbocycles. The van der Waals surface area contributed by atoms with E-state index in [1.165, 1.54) is 22.8 Å². The third-order valence-electron chi connectivity index (χ3n) is 8.19. The van der Waals surface area contributed by atoms with Gasteiger partial charge in [-0.3, -0.25) is 9.78 Å². The molecule has 0 N–H and O–H groups in total. The topological polar surface area (TPSA) is 84.2 Å². The van der Waals surface area contributed by atoms with Crippen LogP contribution in [0.3, 0.4) is 0 Å². The molecule has 0 spiro atoms. The van der Waals surface area contributed by atoms with Gasteiger partial charge in [0.05, 0.1) is 27.5 Å². The maximum atomic E-state index is 15.4. The van der Waals surface area contributed by atoms with Crippen LogP contribution in [0, 0.1) is 5.82 Å². The Kier molecular flexibility index (Phi) is 8.73. The second-order valence-corrected chi connectivity index (χ2v) is 12.3. The van der Waals surface area contributed by atoms with Crippen LogP contribution in [-0.4, -0.2) is 62.7 Å². The van der Waals surface area contributed by atoms with Gasteiger partial charge in [0.15, 0.2) is 5.65 Å². The third kappa shape index (κ3) is 5.56. The molecule has 1 aromatic carbocycles. The minimum Gasteiger partial charge on any atom is -0.353 e. The van der Waals surface area contributed by atoms with E-state index >= 15 is 4.39 Å². The van der Waals surface area contributed by atoms with Crippen molar-refractivity contribution in [1.82, 2.24) is 24.4 Å². The van der Waals surface area contributed by atoms with E-state index in [1.807, 2.05) is 38.7 Å². The highest BCUT2D eigenvalue weighted by Gasteiger charge is 2.41. The highest BCUT2D eigenvalue weighted by atomic mass is 35.5. The summed E-state index contributed by atoms with van der Waals surface area (Å²) in [6.45, 7) is 17.6. The number of hydrogen-bond donors (Lipinski definition) is 0. The van der Waals surface area contributed by atoms with E-state index in [9.17, 15) is 9.59 Å². The van der Waals surface area contributed by atoms with Crippen molar-refractivity contribution in [3.8, 4) is 16.9 Å². The number of benzene rings is 1. The highest BCUT2D eigenvalue weighted by Crippen LogP contribution is 2.39. The number of carbonyl (C=O) groups excluding carboxylic acids is 1. The highest BCUT2D eigenvalue weighted by molar-refractivity contribution is 6.34. The van der Waals surface area contributed by atoms with Crippen molar-refractivity contribution in [3.63, 3.8) is 0 Å². The number of amides is 1. The normalized spacial score (nSPS) is 18.4. The number of carbonyl (C=O) groups is 1. The summed E-state index contributed by atoms with van der Waals surface area (Å²) < 4.78 is 16.9. The summed E-state index contributed by atoms with van der Waals surface area (Å²) in [6, 6.07) is 7.80. The van der Waals surface area contributed by atoms with E-state index in [2.05, 4.69) is 23.1 Å². The molecule has 1 aliphatic heterocycles. The molecule has 2 atom stereocenters. The van der Waals surface area contributed by atoms with Gasteiger partial charge < -0.3 is 9.80 Å². The average Bonchev–Trinajstić information content (AvgIpc) is 2.99. The van der Waals surface area contributed by atoms with Crippen LogP contribution in [0.5, 0.6) is 0 Å². The van der Waals surface area contributed by atoms with Gasteiger partial charge in [-0.05, 0) is 61.6 Å². The molecule has 0 aliphatic carbocycles. The number of aromatic nitrogens is 4. The first-order chi connectivity index (χ1) is 21.3. The van der Waals surface area contributed by atoms with Gasteiger partial charge in [-0.15, -0.1) is 0 Å². The number of rotatable bonds is 7. The maximum Gasteiger partial charge on any atom is 0.355 e. The lowest BCUT2D eigenvalue weighted by atomic mass is 9.74. The molecule has 11 heteroatoms. The monoisotopic (exact) mass is 624 g/mol. The molecule has 4 aromatic rings. The summed E-state index contributed by atoms with van der Waals surface area (Å²) >= 11 is 6.91. The van der Waals surface area contributed by atoms with Crippen LogP contribution >= 0.6 is 11.6 Å². The largest absolute Gasteiger partial charge is 0.355 e. The number of anilines is 1. The van der Waals surface area contributed by atoms with Crippen LogP contribution in [0.15, 0.2) is 60.6 Å². The smallest absolute Gasteiger partial charge is 0.353 e. The number of piperazine rings is 1. The van der Waals surface area contributed by atoms with E-state index in [4.69, 9.17) is 24.4 Å². The number of halogens is 2. The first-order valence-electron chi connectivity index (χ1n) is 14.9. The number of aryl methyl sites for hydroxylation is 1. The number of fused-ring (bicyclic) bond motifs is 1. The summed E-state index contributed by atoms with van der Waals surface area (Å²) in [5, 5.41) is 0.592. The zero-order valence-corrected chi connectivity index (χ0v) is 26.9. The first-order valence-corrected chi connectivity index (χ1v) is 15.2. The van der Waals surface area contributed by atoms with E-state index in [1.54, 1.807) is 36.2 Å². The minimum atomic E-state index is -1.13. The van der Waals surface area contributed by atoms with E-state index < -0.39 is 16.9 Å². The average molecular weight is 625 g/mol. The molecule has 230 valence electrons. The van der Waals surface area contributed by atoms with Crippen molar-refractivity contribution >= 4 is 48.3 Å².